The van der Waals surface area contributed by atoms with E-state index in [0.717, 1.165) is 12.1 Å². The van der Waals surface area contributed by atoms with Crippen molar-refractivity contribution in [3.05, 3.63) is 24.0 Å². The van der Waals surface area contributed by atoms with Crippen LogP contribution in [0.1, 0.15) is 20.8 Å². The Morgan fingerprint density at radius 2 is 1.84 bits per heavy atom. The van der Waals surface area contributed by atoms with Gasteiger partial charge >= 0.3 is 0 Å². The number of halogens is 1. The molecule has 0 heterocycles. The second kappa shape index (κ2) is 5.58. The lowest BCUT2D eigenvalue weighted by molar-refractivity contribution is 0.561. The van der Waals surface area contributed by atoms with Crippen molar-refractivity contribution < 1.29 is 17.0 Å². The summed E-state index contributed by atoms with van der Waals surface area (Å²) in [5, 5.41) is 0. The molecule has 0 fully saturated rings. The SMILES string of the molecule is CC(C)(C)S(=O)(=O)CCS(=O)c1cc(N)cc(F)c1. The van der Waals surface area contributed by atoms with Gasteiger partial charge in [0.15, 0.2) is 9.84 Å². The minimum atomic E-state index is -3.34. The predicted octanol–water partition coefficient (Wildman–Crippen LogP) is 1.73. The van der Waals surface area contributed by atoms with Gasteiger partial charge in [0.1, 0.15) is 5.82 Å². The van der Waals surface area contributed by atoms with Gasteiger partial charge in [-0.2, -0.15) is 0 Å². The fraction of sp³-hybridized carbons (Fsp3) is 0.500. The molecule has 7 heteroatoms. The topological polar surface area (TPSA) is 77.2 Å². The van der Waals surface area contributed by atoms with Crippen molar-refractivity contribution in [2.75, 3.05) is 17.2 Å². The van der Waals surface area contributed by atoms with E-state index in [2.05, 4.69) is 0 Å². The maximum atomic E-state index is 13.1. The first-order chi connectivity index (χ1) is 8.53. The highest BCUT2D eigenvalue weighted by Gasteiger charge is 2.29. The molecule has 2 N–H and O–H groups in total. The van der Waals surface area contributed by atoms with Crippen LogP contribution < -0.4 is 5.73 Å². The van der Waals surface area contributed by atoms with Crippen molar-refractivity contribution in [3.8, 4) is 0 Å². The quantitative estimate of drug-likeness (QED) is 0.859. The molecule has 0 spiro atoms. The molecule has 0 saturated carbocycles. The van der Waals surface area contributed by atoms with Crippen LogP contribution in [-0.2, 0) is 20.6 Å². The minimum absolute atomic E-state index is 0.0670. The summed E-state index contributed by atoms with van der Waals surface area (Å²) in [6, 6.07) is 3.62. The summed E-state index contributed by atoms with van der Waals surface area (Å²) in [6.07, 6.45) is 0. The zero-order valence-electron chi connectivity index (χ0n) is 11.1. The van der Waals surface area contributed by atoms with E-state index >= 15 is 0 Å². The summed E-state index contributed by atoms with van der Waals surface area (Å²) < 4.78 is 48.0. The van der Waals surface area contributed by atoms with Crippen molar-refractivity contribution in [2.45, 2.75) is 30.4 Å². The van der Waals surface area contributed by atoms with Gasteiger partial charge in [0.25, 0.3) is 0 Å². The number of rotatable bonds is 4. The Balaban J connectivity index is 2.82. The molecular formula is C12H18FNO3S2. The number of benzene rings is 1. The van der Waals surface area contributed by atoms with E-state index in [1.807, 2.05) is 0 Å². The van der Waals surface area contributed by atoms with Crippen LogP contribution >= 0.6 is 0 Å². The average Bonchev–Trinajstić information content (AvgIpc) is 2.23. The highest BCUT2D eigenvalue weighted by Crippen LogP contribution is 2.18. The van der Waals surface area contributed by atoms with Gasteiger partial charge in [0.05, 0.1) is 21.3 Å². The third-order valence-corrected chi connectivity index (χ3v) is 6.83. The zero-order valence-corrected chi connectivity index (χ0v) is 12.8. The average molecular weight is 307 g/mol. The van der Waals surface area contributed by atoms with Crippen LogP contribution in [0.4, 0.5) is 10.1 Å². The fourth-order valence-corrected chi connectivity index (χ4v) is 4.17. The molecule has 4 nitrogen and oxygen atoms in total. The van der Waals surface area contributed by atoms with Crippen LogP contribution in [0.25, 0.3) is 0 Å². The summed E-state index contributed by atoms with van der Waals surface area (Å²) in [6.45, 7) is 4.77. The fourth-order valence-electron chi connectivity index (χ4n) is 1.33. The number of nitrogens with two attached hydrogens (primary N) is 1. The molecule has 1 aromatic carbocycles. The molecule has 0 aliphatic heterocycles. The van der Waals surface area contributed by atoms with Crippen molar-refractivity contribution in [1.82, 2.24) is 0 Å². The van der Waals surface area contributed by atoms with Crippen LogP contribution in [0.2, 0.25) is 0 Å². The molecule has 0 bridgehead atoms. The van der Waals surface area contributed by atoms with E-state index in [1.165, 1.54) is 6.07 Å². The van der Waals surface area contributed by atoms with Crippen LogP contribution in [0.5, 0.6) is 0 Å². The van der Waals surface area contributed by atoms with E-state index in [1.54, 1.807) is 20.8 Å². The van der Waals surface area contributed by atoms with Crippen molar-refractivity contribution in [2.24, 2.45) is 0 Å². The first kappa shape index (κ1) is 16.1. The third-order valence-electron chi connectivity index (χ3n) is 2.63. The normalized spacial score (nSPS) is 14.3. The second-order valence-electron chi connectivity index (χ2n) is 5.20. The van der Waals surface area contributed by atoms with Gasteiger partial charge in [-0.1, -0.05) is 0 Å². The highest BCUT2D eigenvalue weighted by molar-refractivity contribution is 7.94. The predicted molar refractivity (Wildman–Crippen MR) is 75.6 cm³/mol. The summed E-state index contributed by atoms with van der Waals surface area (Å²) in [7, 11) is -4.92. The Bertz CT molecular complexity index is 571. The van der Waals surface area contributed by atoms with Gasteiger partial charge in [-0.3, -0.25) is 4.21 Å². The number of nitrogen functional groups attached to an aromatic ring is 1. The number of sulfone groups is 1. The largest absolute Gasteiger partial charge is 0.399 e. The monoisotopic (exact) mass is 307 g/mol. The Kier molecular flexibility index (Phi) is 4.73. The molecule has 1 rings (SSSR count). The van der Waals surface area contributed by atoms with E-state index in [0.29, 0.717) is 0 Å². The molecule has 19 heavy (non-hydrogen) atoms. The van der Waals surface area contributed by atoms with Crippen LogP contribution in [0.3, 0.4) is 0 Å². The van der Waals surface area contributed by atoms with E-state index in [-0.39, 0.29) is 22.1 Å². The highest BCUT2D eigenvalue weighted by atomic mass is 32.2. The molecule has 1 atom stereocenters. The standard InChI is InChI=1S/C12H18FNO3S2/c1-12(2,3)19(16,17)5-4-18(15)11-7-9(13)6-10(14)8-11/h6-8H,4-5,14H2,1-3H3. The summed E-state index contributed by atoms with van der Waals surface area (Å²) in [4.78, 5) is 0.210. The molecule has 1 aromatic rings. The zero-order chi connectivity index (χ0) is 14.8. The lowest BCUT2D eigenvalue weighted by Crippen LogP contribution is -2.32. The van der Waals surface area contributed by atoms with Gasteiger partial charge in [0, 0.05) is 16.3 Å². The first-order valence-electron chi connectivity index (χ1n) is 5.70. The third kappa shape index (κ3) is 4.28. The van der Waals surface area contributed by atoms with Crippen LogP contribution in [0, 0.1) is 5.82 Å². The minimum Gasteiger partial charge on any atom is -0.399 e. The molecule has 0 aliphatic carbocycles. The smallest absolute Gasteiger partial charge is 0.156 e. The van der Waals surface area contributed by atoms with Crippen molar-refractivity contribution in [3.63, 3.8) is 0 Å². The van der Waals surface area contributed by atoms with Gasteiger partial charge in [-0.15, -0.1) is 0 Å². The Morgan fingerprint density at radius 3 is 2.32 bits per heavy atom. The van der Waals surface area contributed by atoms with E-state index in [4.69, 9.17) is 5.73 Å². The Labute approximate surface area is 115 Å². The summed E-state index contributed by atoms with van der Waals surface area (Å²) in [5.74, 6) is -0.857. The molecule has 0 saturated heterocycles. The Hall–Kier alpha value is -0.950. The molecule has 0 aliphatic rings. The number of hydrogen-bond acceptors (Lipinski definition) is 4. The maximum Gasteiger partial charge on any atom is 0.156 e. The molecule has 108 valence electrons. The van der Waals surface area contributed by atoms with E-state index < -0.39 is 31.2 Å². The van der Waals surface area contributed by atoms with Gasteiger partial charge < -0.3 is 5.73 Å². The molecule has 0 radical (unpaired) electrons. The van der Waals surface area contributed by atoms with Crippen LogP contribution in [0.15, 0.2) is 23.1 Å². The second-order valence-corrected chi connectivity index (χ2v) is 9.63. The summed E-state index contributed by atoms with van der Waals surface area (Å²) in [5.41, 5.74) is 5.62. The van der Waals surface area contributed by atoms with Crippen LogP contribution in [-0.4, -0.2) is 28.9 Å². The Morgan fingerprint density at radius 1 is 1.26 bits per heavy atom. The lowest BCUT2D eigenvalue weighted by Gasteiger charge is -2.18. The molecule has 0 aromatic heterocycles. The van der Waals surface area contributed by atoms with Gasteiger partial charge in [-0.05, 0) is 39.0 Å². The maximum absolute atomic E-state index is 13.1. The van der Waals surface area contributed by atoms with Gasteiger partial charge in [0.2, 0.25) is 0 Å². The van der Waals surface area contributed by atoms with E-state index in [9.17, 15) is 17.0 Å². The summed E-state index contributed by atoms with van der Waals surface area (Å²) >= 11 is 0. The molecular weight excluding hydrogens is 289 g/mol. The lowest BCUT2D eigenvalue weighted by atomic mass is 10.3. The van der Waals surface area contributed by atoms with Crippen molar-refractivity contribution >= 4 is 26.3 Å². The first-order valence-corrected chi connectivity index (χ1v) is 8.67. The number of anilines is 1. The number of hydrogen-bond donors (Lipinski definition) is 1. The van der Waals surface area contributed by atoms with Crippen molar-refractivity contribution in [1.29, 1.82) is 0 Å². The molecule has 0 amide bonds. The van der Waals surface area contributed by atoms with Gasteiger partial charge in [-0.25, -0.2) is 12.8 Å². The molecule has 1 unspecified atom stereocenters.